The number of ether oxygens (including phenoxy) is 9. The molecule has 4 aromatic rings. The number of methoxy groups -OCH3 is 3. The number of aryl methyl sites for hydroxylation is 2. The zero-order chi connectivity index (χ0) is 60.8. The van der Waals surface area contributed by atoms with Crippen LogP contribution in [-0.2, 0) is 49.3 Å². The van der Waals surface area contributed by atoms with E-state index in [1.807, 2.05) is 63.2 Å². The van der Waals surface area contributed by atoms with Crippen molar-refractivity contribution < 1.29 is 76.2 Å². The van der Waals surface area contributed by atoms with Crippen molar-refractivity contribution in [2.45, 2.75) is 135 Å². The molecule has 7 rings (SSSR count). The number of benzene rings is 4. The fourth-order valence-corrected chi connectivity index (χ4v) is 10.8. The van der Waals surface area contributed by atoms with E-state index < -0.39 is 47.8 Å². The van der Waals surface area contributed by atoms with Gasteiger partial charge < -0.3 is 52.8 Å². The highest BCUT2D eigenvalue weighted by atomic mass is 16.6. The Morgan fingerprint density at radius 2 is 1.34 bits per heavy atom. The maximum absolute atomic E-state index is 14.4. The SMILES string of the molecule is C=C1CCC(N2C(=O)c3cccc(OCC(=O)CCCCOCCOCCOCCCCC(=O)COc4ccc([C@H](CCc5ccc(OC)c(OC)c5)OC(=O)C5CCCCN5C(=O)[C@H](CC)c5cc(C)c(C)c(OC)c5)cc4)c3C2=O)C(=O)N1. The van der Waals surface area contributed by atoms with Crippen molar-refractivity contribution in [2.75, 3.05) is 80.7 Å². The van der Waals surface area contributed by atoms with Crippen LogP contribution in [0.25, 0.3) is 0 Å². The van der Waals surface area contributed by atoms with E-state index in [2.05, 4.69) is 11.9 Å². The van der Waals surface area contributed by atoms with E-state index in [0.29, 0.717) is 133 Å². The average Bonchev–Trinajstić information content (AvgIpc) is 1.87. The van der Waals surface area contributed by atoms with Gasteiger partial charge in [-0.2, -0.15) is 0 Å². The van der Waals surface area contributed by atoms with Crippen LogP contribution in [-0.4, -0.2) is 144 Å². The number of Topliss-reactive ketones (excluding diaryl/α,β-unsaturated/α-hetero) is 2. The summed E-state index contributed by atoms with van der Waals surface area (Å²) >= 11 is 0. The summed E-state index contributed by atoms with van der Waals surface area (Å²) in [5, 5.41) is 2.61. The van der Waals surface area contributed by atoms with Gasteiger partial charge in [0.1, 0.15) is 48.6 Å². The number of allylic oxidation sites excluding steroid dienone is 1. The molecule has 3 aliphatic rings. The molecule has 0 bridgehead atoms. The molecule has 1 N–H and O–H groups in total. The Kier molecular flexibility index (Phi) is 24.9. The molecule has 2 unspecified atom stereocenters. The van der Waals surface area contributed by atoms with E-state index in [1.54, 1.807) is 44.4 Å². The lowest BCUT2D eigenvalue weighted by Gasteiger charge is -2.37. The number of carbonyl (C=O) groups excluding carboxylic acids is 7. The smallest absolute Gasteiger partial charge is 0.329 e. The van der Waals surface area contributed by atoms with E-state index in [4.69, 9.17) is 42.6 Å². The van der Waals surface area contributed by atoms with Crippen LogP contribution in [0.2, 0.25) is 0 Å². The molecular formula is C66H83N3O16. The first-order chi connectivity index (χ1) is 41.1. The Hall–Kier alpha value is -7.61. The van der Waals surface area contributed by atoms with Gasteiger partial charge in [-0.1, -0.05) is 43.8 Å². The Labute approximate surface area is 498 Å². The molecule has 2 saturated heterocycles. The van der Waals surface area contributed by atoms with Crippen LogP contribution >= 0.6 is 0 Å². The molecule has 85 heavy (non-hydrogen) atoms. The first-order valence-corrected chi connectivity index (χ1v) is 29.6. The number of fused-ring (bicyclic) bond motifs is 1. The number of amides is 4. The van der Waals surface area contributed by atoms with E-state index >= 15 is 0 Å². The van der Waals surface area contributed by atoms with Gasteiger partial charge in [0.2, 0.25) is 11.8 Å². The minimum absolute atomic E-state index is 0.0409. The molecule has 4 amide bonds. The summed E-state index contributed by atoms with van der Waals surface area (Å²) in [7, 11) is 4.80. The number of rotatable bonds is 35. The second-order valence-corrected chi connectivity index (χ2v) is 21.6. The summed E-state index contributed by atoms with van der Waals surface area (Å²) in [6, 6.07) is 19.9. The number of carbonyl (C=O) groups is 7. The van der Waals surface area contributed by atoms with Gasteiger partial charge in [-0.05, 0) is 161 Å². The number of ketones is 2. The molecule has 19 nitrogen and oxygen atoms in total. The van der Waals surface area contributed by atoms with Crippen molar-refractivity contribution in [1.29, 1.82) is 0 Å². The third kappa shape index (κ3) is 17.7. The number of nitrogens with zero attached hydrogens (tertiary/aromatic N) is 2. The van der Waals surface area contributed by atoms with Crippen molar-refractivity contribution in [1.82, 2.24) is 15.1 Å². The predicted molar refractivity (Wildman–Crippen MR) is 316 cm³/mol. The van der Waals surface area contributed by atoms with Gasteiger partial charge in [-0.15, -0.1) is 0 Å². The van der Waals surface area contributed by atoms with Gasteiger partial charge in [0.15, 0.2) is 23.1 Å². The first kappa shape index (κ1) is 64.9. The van der Waals surface area contributed by atoms with Crippen molar-refractivity contribution in [3.8, 4) is 28.7 Å². The summed E-state index contributed by atoms with van der Waals surface area (Å²) in [4.78, 5) is 95.9. The van der Waals surface area contributed by atoms with Crippen LogP contribution in [0.3, 0.4) is 0 Å². The van der Waals surface area contributed by atoms with E-state index in [-0.39, 0.29) is 60.4 Å². The lowest BCUT2D eigenvalue weighted by molar-refractivity contribution is -0.162. The van der Waals surface area contributed by atoms with Crippen molar-refractivity contribution in [2.24, 2.45) is 0 Å². The molecular weight excluding hydrogens is 1090 g/mol. The molecule has 4 atom stereocenters. The van der Waals surface area contributed by atoms with Crippen LogP contribution in [0.15, 0.2) is 85.1 Å². The van der Waals surface area contributed by atoms with Crippen molar-refractivity contribution in [3.63, 3.8) is 0 Å². The van der Waals surface area contributed by atoms with E-state index in [1.165, 1.54) is 12.1 Å². The van der Waals surface area contributed by atoms with Crippen molar-refractivity contribution in [3.05, 3.63) is 124 Å². The highest BCUT2D eigenvalue weighted by Crippen LogP contribution is 2.37. The van der Waals surface area contributed by atoms with Crippen LogP contribution in [0.5, 0.6) is 28.7 Å². The Morgan fingerprint density at radius 3 is 1.99 bits per heavy atom. The zero-order valence-corrected chi connectivity index (χ0v) is 50.1. The molecule has 0 aliphatic carbocycles. The molecule has 19 heteroatoms. The molecule has 4 aromatic carbocycles. The number of piperidine rings is 2. The van der Waals surface area contributed by atoms with Crippen LogP contribution in [0, 0.1) is 13.8 Å². The molecule has 458 valence electrons. The Bertz CT molecular complexity index is 2980. The minimum atomic E-state index is -0.943. The lowest BCUT2D eigenvalue weighted by atomic mass is 9.90. The molecule has 0 saturated carbocycles. The first-order valence-electron chi connectivity index (χ1n) is 29.6. The van der Waals surface area contributed by atoms with Gasteiger partial charge in [0.25, 0.3) is 11.8 Å². The number of likely N-dealkylation sites (tertiary alicyclic amines) is 1. The lowest BCUT2D eigenvalue weighted by Crippen LogP contribution is -2.51. The maximum Gasteiger partial charge on any atom is 0.329 e. The number of nitrogens with one attached hydrogen (secondary N) is 1. The van der Waals surface area contributed by atoms with Crippen molar-refractivity contribution >= 4 is 41.2 Å². The Balaban J connectivity index is 0.764. The fourth-order valence-electron chi connectivity index (χ4n) is 10.8. The molecule has 0 aromatic heterocycles. The summed E-state index contributed by atoms with van der Waals surface area (Å²) in [5.74, 6) is -0.280. The normalized spacial score (nSPS) is 16.5. The number of imide groups is 1. The van der Waals surface area contributed by atoms with Gasteiger partial charge in [-0.25, -0.2) is 4.79 Å². The number of hydrogen-bond acceptors (Lipinski definition) is 16. The summed E-state index contributed by atoms with van der Waals surface area (Å²) < 4.78 is 51.6. The molecule has 0 spiro atoms. The quantitative estimate of drug-likeness (QED) is 0.0257. The maximum atomic E-state index is 14.4. The van der Waals surface area contributed by atoms with Gasteiger partial charge in [0, 0.05) is 38.3 Å². The second-order valence-electron chi connectivity index (χ2n) is 21.6. The highest BCUT2D eigenvalue weighted by molar-refractivity contribution is 6.24. The summed E-state index contributed by atoms with van der Waals surface area (Å²) in [6.45, 7) is 12.4. The number of esters is 1. The second kappa shape index (κ2) is 32.6. The van der Waals surface area contributed by atoms with Crippen LogP contribution in [0.1, 0.15) is 151 Å². The summed E-state index contributed by atoms with van der Waals surface area (Å²) in [5.41, 5.74) is 5.37. The Morgan fingerprint density at radius 1 is 0.682 bits per heavy atom. The highest BCUT2D eigenvalue weighted by Gasteiger charge is 2.46. The van der Waals surface area contributed by atoms with Crippen LogP contribution in [0.4, 0.5) is 0 Å². The topological polar surface area (TPSA) is 221 Å². The van der Waals surface area contributed by atoms with Gasteiger partial charge in [-0.3, -0.25) is 33.7 Å². The average molecular weight is 1170 g/mol. The molecule has 2 fully saturated rings. The van der Waals surface area contributed by atoms with Gasteiger partial charge >= 0.3 is 5.97 Å². The van der Waals surface area contributed by atoms with E-state index in [0.717, 1.165) is 51.3 Å². The number of unbranched alkanes of at least 4 members (excludes halogenated alkanes) is 2. The standard InChI is InChI=1S/C66H83N3O16/c1-8-52(48-38-43(2)45(4)59(40-48)78-6)63(73)68-31-12-9-19-55(68)66(76)85-56(29-22-46-23-30-57(77-5)60(39-46)79-7)47-24-26-51(27-25-47)83-41-49(70)16-10-13-32-80-34-36-82-37-35-81-33-14-11-17-50(71)42-84-58-20-15-18-53-61(58)65(75)69(64(53)74)54-28-21-44(3)67-62(54)72/h15,18,20,23-27,30,38-40,52,54-56H,3,8-14,16-17,19,21-22,28-29,31-37,41-42H2,1-2,4-7H3,(H,67,72)/t52-,54?,55?,56+/m1/s1. The van der Waals surface area contributed by atoms with Gasteiger partial charge in [0.05, 0.1) is 64.8 Å². The summed E-state index contributed by atoms with van der Waals surface area (Å²) in [6.07, 6.45) is 6.88. The third-order valence-corrected chi connectivity index (χ3v) is 15.7. The fraction of sp³-hybridized carbons (Fsp3) is 0.500. The third-order valence-electron chi connectivity index (χ3n) is 15.7. The van der Waals surface area contributed by atoms with E-state index in [9.17, 15) is 33.6 Å². The molecule has 3 heterocycles. The molecule has 3 aliphatic heterocycles. The largest absolute Gasteiger partial charge is 0.496 e. The zero-order valence-electron chi connectivity index (χ0n) is 50.1. The number of hydrogen-bond donors (Lipinski definition) is 1. The predicted octanol–water partition coefficient (Wildman–Crippen LogP) is 9.50. The monoisotopic (exact) mass is 1170 g/mol. The molecule has 0 radical (unpaired) electrons. The minimum Gasteiger partial charge on any atom is -0.496 e. The van der Waals surface area contributed by atoms with Crippen LogP contribution < -0.4 is 29.0 Å².